The summed E-state index contributed by atoms with van der Waals surface area (Å²) in [4.78, 5) is 25.0. The van der Waals surface area contributed by atoms with Crippen LogP contribution in [0.2, 0.25) is 0 Å². The van der Waals surface area contributed by atoms with Crippen LogP contribution in [0.4, 0.5) is 0 Å². The van der Waals surface area contributed by atoms with Gasteiger partial charge in [-0.05, 0) is 56.7 Å². The molecule has 1 amide bonds. The normalized spacial score (nSPS) is 11.7. The number of hydrogen-bond donors (Lipinski definition) is 1. The molecule has 1 atom stereocenters. The van der Waals surface area contributed by atoms with Crippen LogP contribution in [0.15, 0.2) is 53.1 Å². The zero-order valence-corrected chi connectivity index (χ0v) is 17.6. The Morgan fingerprint density at radius 1 is 1.17 bits per heavy atom. The molecule has 7 heteroatoms. The molecule has 1 N–H and O–H groups in total. The van der Waals surface area contributed by atoms with Crippen LogP contribution in [0, 0.1) is 13.8 Å². The second-order valence-corrected chi connectivity index (χ2v) is 7.06. The van der Waals surface area contributed by atoms with Gasteiger partial charge in [0.25, 0.3) is 5.91 Å². The number of benzene rings is 1. The molecular formula is C23H26N2O5. The standard InChI is InChI=1S/C23H26N2O5/c1-15-12-21(16(2)25(15)14-20-6-5-11-29-20)23(27)30-17(3)22(26)24-13-18-7-9-19(28-4)10-8-18/h5-12,17H,13-14H2,1-4H3,(H,24,26)/t17-/m1/s1. The predicted octanol–water partition coefficient (Wildman–Crippen LogP) is 3.62. The first-order chi connectivity index (χ1) is 14.4. The van der Waals surface area contributed by atoms with E-state index in [0.29, 0.717) is 18.7 Å². The summed E-state index contributed by atoms with van der Waals surface area (Å²) in [5.74, 6) is 0.657. The Bertz CT molecular complexity index is 1000. The zero-order valence-electron chi connectivity index (χ0n) is 17.6. The molecule has 7 nitrogen and oxygen atoms in total. The molecule has 158 valence electrons. The first-order valence-electron chi connectivity index (χ1n) is 9.69. The Morgan fingerprint density at radius 2 is 1.90 bits per heavy atom. The third-order valence-corrected chi connectivity index (χ3v) is 4.97. The highest BCUT2D eigenvalue weighted by atomic mass is 16.5. The van der Waals surface area contributed by atoms with E-state index in [0.717, 1.165) is 28.5 Å². The molecule has 0 radical (unpaired) electrons. The van der Waals surface area contributed by atoms with Crippen molar-refractivity contribution in [1.82, 2.24) is 9.88 Å². The summed E-state index contributed by atoms with van der Waals surface area (Å²) in [5, 5.41) is 2.78. The maximum atomic E-state index is 12.6. The van der Waals surface area contributed by atoms with Gasteiger partial charge >= 0.3 is 5.97 Å². The number of rotatable bonds is 8. The van der Waals surface area contributed by atoms with Gasteiger partial charge in [0.05, 0.1) is 25.5 Å². The largest absolute Gasteiger partial charge is 0.497 e. The molecular weight excluding hydrogens is 384 g/mol. The Balaban J connectivity index is 1.58. The summed E-state index contributed by atoms with van der Waals surface area (Å²) in [6.45, 7) is 6.18. The minimum atomic E-state index is -0.913. The summed E-state index contributed by atoms with van der Waals surface area (Å²) in [7, 11) is 1.60. The van der Waals surface area contributed by atoms with Crippen LogP contribution in [0.3, 0.4) is 0 Å². The molecule has 3 aromatic rings. The quantitative estimate of drug-likeness (QED) is 0.574. The number of hydrogen-bond acceptors (Lipinski definition) is 5. The summed E-state index contributed by atoms with van der Waals surface area (Å²) in [6, 6.07) is 12.8. The van der Waals surface area contributed by atoms with E-state index in [2.05, 4.69) is 5.32 Å². The number of furan rings is 1. The molecule has 3 rings (SSSR count). The van der Waals surface area contributed by atoms with Crippen molar-refractivity contribution in [2.45, 2.75) is 40.0 Å². The smallest absolute Gasteiger partial charge is 0.340 e. The van der Waals surface area contributed by atoms with Crippen LogP contribution < -0.4 is 10.1 Å². The fourth-order valence-corrected chi connectivity index (χ4v) is 3.16. The van der Waals surface area contributed by atoms with Gasteiger partial charge in [-0.3, -0.25) is 4.79 Å². The lowest BCUT2D eigenvalue weighted by atomic mass is 10.2. The molecule has 0 aliphatic heterocycles. The number of aryl methyl sites for hydroxylation is 1. The number of aromatic nitrogens is 1. The first-order valence-corrected chi connectivity index (χ1v) is 9.69. The van der Waals surface area contributed by atoms with E-state index in [9.17, 15) is 9.59 Å². The third kappa shape index (κ3) is 4.92. The predicted molar refractivity (Wildman–Crippen MR) is 111 cm³/mol. The molecule has 0 fully saturated rings. The van der Waals surface area contributed by atoms with Crippen molar-refractivity contribution in [3.05, 3.63) is 77.0 Å². The highest BCUT2D eigenvalue weighted by Gasteiger charge is 2.22. The monoisotopic (exact) mass is 410 g/mol. The van der Waals surface area contributed by atoms with Crippen LogP contribution in [0.25, 0.3) is 0 Å². The minimum absolute atomic E-state index is 0.336. The summed E-state index contributed by atoms with van der Waals surface area (Å²) >= 11 is 0. The lowest BCUT2D eigenvalue weighted by Crippen LogP contribution is -2.35. The van der Waals surface area contributed by atoms with E-state index in [1.54, 1.807) is 26.4 Å². The zero-order chi connectivity index (χ0) is 21.7. The molecule has 0 unspecified atom stereocenters. The van der Waals surface area contributed by atoms with E-state index in [-0.39, 0.29) is 5.91 Å². The number of nitrogens with zero attached hydrogens (tertiary/aromatic N) is 1. The van der Waals surface area contributed by atoms with Crippen molar-refractivity contribution in [2.75, 3.05) is 7.11 Å². The van der Waals surface area contributed by atoms with E-state index in [4.69, 9.17) is 13.9 Å². The van der Waals surface area contributed by atoms with Crippen LogP contribution in [-0.4, -0.2) is 29.7 Å². The topological polar surface area (TPSA) is 82.7 Å². The number of amides is 1. The average Bonchev–Trinajstić information content (AvgIpc) is 3.36. The number of carbonyl (C=O) groups excluding carboxylic acids is 2. The molecule has 30 heavy (non-hydrogen) atoms. The van der Waals surface area contributed by atoms with Gasteiger partial charge in [-0.1, -0.05) is 12.1 Å². The van der Waals surface area contributed by atoms with E-state index in [1.165, 1.54) is 0 Å². The molecule has 0 aliphatic carbocycles. The molecule has 0 spiro atoms. The minimum Gasteiger partial charge on any atom is -0.497 e. The van der Waals surface area contributed by atoms with Gasteiger partial charge in [0.1, 0.15) is 11.5 Å². The third-order valence-electron chi connectivity index (χ3n) is 4.97. The molecule has 0 saturated heterocycles. The second-order valence-electron chi connectivity index (χ2n) is 7.06. The molecule has 0 saturated carbocycles. The second kappa shape index (κ2) is 9.35. The van der Waals surface area contributed by atoms with Gasteiger partial charge in [0, 0.05) is 17.9 Å². The SMILES string of the molecule is COc1ccc(CNC(=O)[C@@H](C)OC(=O)c2cc(C)n(Cc3ccco3)c2C)cc1. The maximum absolute atomic E-state index is 12.6. The Kier molecular flexibility index (Phi) is 6.61. The first kappa shape index (κ1) is 21.2. The number of carbonyl (C=O) groups is 2. The Labute approximate surface area is 175 Å². The highest BCUT2D eigenvalue weighted by Crippen LogP contribution is 2.19. The van der Waals surface area contributed by atoms with Gasteiger partial charge in [-0.2, -0.15) is 0 Å². The number of ether oxygens (including phenoxy) is 2. The van der Waals surface area contributed by atoms with Crippen molar-refractivity contribution in [3.8, 4) is 5.75 Å². The summed E-state index contributed by atoms with van der Waals surface area (Å²) in [5.41, 5.74) is 3.03. The highest BCUT2D eigenvalue weighted by molar-refractivity contribution is 5.93. The van der Waals surface area contributed by atoms with Gasteiger partial charge in [0.2, 0.25) is 0 Å². The number of esters is 1. The van der Waals surface area contributed by atoms with Gasteiger partial charge in [0.15, 0.2) is 6.10 Å². The summed E-state index contributed by atoms with van der Waals surface area (Å²) < 4.78 is 17.9. The van der Waals surface area contributed by atoms with Gasteiger partial charge in [-0.25, -0.2) is 4.79 Å². The maximum Gasteiger partial charge on any atom is 0.340 e. The van der Waals surface area contributed by atoms with Crippen LogP contribution in [-0.2, 0) is 22.6 Å². The van der Waals surface area contributed by atoms with E-state index in [1.807, 2.05) is 54.8 Å². The van der Waals surface area contributed by atoms with Crippen LogP contribution in [0.1, 0.15) is 40.0 Å². The van der Waals surface area contributed by atoms with E-state index < -0.39 is 12.1 Å². The van der Waals surface area contributed by atoms with Crippen molar-refractivity contribution in [3.63, 3.8) is 0 Å². The van der Waals surface area contributed by atoms with Crippen LogP contribution in [0.5, 0.6) is 5.75 Å². The fraction of sp³-hybridized carbons (Fsp3) is 0.304. The van der Waals surface area contributed by atoms with Crippen molar-refractivity contribution in [2.24, 2.45) is 0 Å². The molecule has 1 aromatic carbocycles. The lowest BCUT2D eigenvalue weighted by molar-refractivity contribution is -0.129. The molecule has 0 bridgehead atoms. The van der Waals surface area contributed by atoms with Gasteiger partial charge in [-0.15, -0.1) is 0 Å². The Hall–Kier alpha value is -3.48. The van der Waals surface area contributed by atoms with Crippen molar-refractivity contribution in [1.29, 1.82) is 0 Å². The summed E-state index contributed by atoms with van der Waals surface area (Å²) in [6.07, 6.45) is 0.703. The Morgan fingerprint density at radius 3 is 2.53 bits per heavy atom. The fourth-order valence-electron chi connectivity index (χ4n) is 3.16. The van der Waals surface area contributed by atoms with Gasteiger partial charge < -0.3 is 23.8 Å². The van der Waals surface area contributed by atoms with Crippen LogP contribution >= 0.6 is 0 Å². The molecule has 0 aliphatic rings. The van der Waals surface area contributed by atoms with Crippen molar-refractivity contribution >= 4 is 11.9 Å². The molecule has 2 heterocycles. The lowest BCUT2D eigenvalue weighted by Gasteiger charge is -2.14. The average molecular weight is 410 g/mol. The van der Waals surface area contributed by atoms with E-state index >= 15 is 0 Å². The number of nitrogens with one attached hydrogen (secondary N) is 1. The molecule has 2 aromatic heterocycles. The number of methoxy groups -OCH3 is 1. The van der Waals surface area contributed by atoms with Crippen molar-refractivity contribution < 1.29 is 23.5 Å².